The summed E-state index contributed by atoms with van der Waals surface area (Å²) in [7, 11) is 3.86. The molecule has 0 aliphatic rings. The molecule has 0 unspecified atom stereocenters. The van der Waals surface area contributed by atoms with Gasteiger partial charge in [-0.2, -0.15) is 4.98 Å². The molecule has 7 nitrogen and oxygen atoms in total. The second-order valence-electron chi connectivity index (χ2n) is 8.35. The van der Waals surface area contributed by atoms with Crippen LogP contribution in [-0.4, -0.2) is 35.0 Å². The van der Waals surface area contributed by atoms with E-state index in [1.807, 2.05) is 62.3 Å². The van der Waals surface area contributed by atoms with E-state index in [2.05, 4.69) is 40.8 Å². The first-order valence-corrected chi connectivity index (χ1v) is 11.6. The molecule has 2 aromatic heterocycles. The van der Waals surface area contributed by atoms with Crippen molar-refractivity contribution in [3.8, 4) is 0 Å². The molecule has 1 atom stereocenters. The standard InChI is InChI=1S/C27H27ClN6O/c1-5-6-18-7-13-22-23(15-18)32-27(34(3)4)33-25(22)30-17(2)19-8-11-21(12-9-19)31-26(35)20-10-14-24(28)29-16-20/h5-17H,1-4H3,(H,31,35)(H,30,32,33)/t17-/m0/s1. The van der Waals surface area contributed by atoms with Crippen LogP contribution in [0.2, 0.25) is 5.15 Å². The lowest BCUT2D eigenvalue weighted by Gasteiger charge is -2.19. The first-order chi connectivity index (χ1) is 16.8. The van der Waals surface area contributed by atoms with Gasteiger partial charge in [-0.05, 0) is 61.4 Å². The molecule has 0 fully saturated rings. The minimum atomic E-state index is -0.242. The van der Waals surface area contributed by atoms with Gasteiger partial charge in [0.15, 0.2) is 0 Å². The Kier molecular flexibility index (Phi) is 7.27. The Labute approximate surface area is 209 Å². The molecule has 0 bridgehead atoms. The van der Waals surface area contributed by atoms with E-state index < -0.39 is 0 Å². The summed E-state index contributed by atoms with van der Waals surface area (Å²) in [4.78, 5) is 27.7. The lowest BCUT2D eigenvalue weighted by molar-refractivity contribution is 0.102. The van der Waals surface area contributed by atoms with Crippen LogP contribution in [0.3, 0.4) is 0 Å². The summed E-state index contributed by atoms with van der Waals surface area (Å²) in [5.74, 6) is 1.17. The third-order valence-corrected chi connectivity index (χ3v) is 5.70. The Bertz CT molecular complexity index is 1370. The molecule has 0 saturated heterocycles. The molecule has 0 radical (unpaired) electrons. The molecule has 1 amide bonds. The van der Waals surface area contributed by atoms with Crippen molar-refractivity contribution in [3.05, 3.63) is 88.7 Å². The Morgan fingerprint density at radius 3 is 2.49 bits per heavy atom. The van der Waals surface area contributed by atoms with E-state index in [1.54, 1.807) is 12.1 Å². The summed E-state index contributed by atoms with van der Waals surface area (Å²) in [6, 6.07) is 17.1. The van der Waals surface area contributed by atoms with Crippen LogP contribution in [0, 0.1) is 0 Å². The summed E-state index contributed by atoms with van der Waals surface area (Å²) in [6.07, 6.45) is 5.51. The number of fused-ring (bicyclic) bond motifs is 1. The van der Waals surface area contributed by atoms with Crippen molar-refractivity contribution in [1.29, 1.82) is 0 Å². The van der Waals surface area contributed by atoms with Crippen LogP contribution in [0.1, 0.15) is 41.4 Å². The summed E-state index contributed by atoms with van der Waals surface area (Å²) in [6.45, 7) is 4.07. The molecule has 2 N–H and O–H groups in total. The van der Waals surface area contributed by atoms with Crippen LogP contribution in [0.5, 0.6) is 0 Å². The molecule has 0 saturated carbocycles. The van der Waals surface area contributed by atoms with Gasteiger partial charge in [0.1, 0.15) is 11.0 Å². The molecule has 178 valence electrons. The largest absolute Gasteiger partial charge is 0.363 e. The van der Waals surface area contributed by atoms with E-state index in [0.29, 0.717) is 22.4 Å². The highest BCUT2D eigenvalue weighted by atomic mass is 35.5. The Hall–Kier alpha value is -3.97. The highest BCUT2D eigenvalue weighted by molar-refractivity contribution is 6.29. The summed E-state index contributed by atoms with van der Waals surface area (Å²) >= 11 is 5.80. The van der Waals surface area contributed by atoms with Gasteiger partial charge in [-0.1, -0.05) is 42.0 Å². The van der Waals surface area contributed by atoms with Crippen molar-refractivity contribution in [2.75, 3.05) is 29.6 Å². The number of carbonyl (C=O) groups excluding carboxylic acids is 1. The Morgan fingerprint density at radius 1 is 1.06 bits per heavy atom. The number of hydrogen-bond acceptors (Lipinski definition) is 6. The van der Waals surface area contributed by atoms with Crippen LogP contribution >= 0.6 is 11.6 Å². The number of benzene rings is 2. The van der Waals surface area contributed by atoms with Crippen LogP contribution < -0.4 is 15.5 Å². The third-order valence-electron chi connectivity index (χ3n) is 5.48. The monoisotopic (exact) mass is 486 g/mol. The zero-order chi connectivity index (χ0) is 24.9. The number of amides is 1. The Balaban J connectivity index is 1.54. The fourth-order valence-electron chi connectivity index (χ4n) is 3.60. The van der Waals surface area contributed by atoms with Gasteiger partial charge in [-0.15, -0.1) is 0 Å². The van der Waals surface area contributed by atoms with Crippen LogP contribution in [0.15, 0.2) is 66.9 Å². The molecule has 0 aliphatic carbocycles. The number of pyridine rings is 1. The second-order valence-corrected chi connectivity index (χ2v) is 8.74. The quantitative estimate of drug-likeness (QED) is 0.302. The number of rotatable bonds is 7. The average Bonchev–Trinajstić information content (AvgIpc) is 2.84. The zero-order valence-electron chi connectivity index (χ0n) is 20.1. The van der Waals surface area contributed by atoms with Gasteiger partial charge in [0.2, 0.25) is 5.95 Å². The number of nitrogens with one attached hydrogen (secondary N) is 2. The number of hydrogen-bond donors (Lipinski definition) is 2. The fourth-order valence-corrected chi connectivity index (χ4v) is 3.71. The van der Waals surface area contributed by atoms with Crippen molar-refractivity contribution >= 4 is 51.9 Å². The first kappa shape index (κ1) is 24.2. The molecule has 2 heterocycles. The van der Waals surface area contributed by atoms with Crippen LogP contribution in [0.25, 0.3) is 17.0 Å². The molecular formula is C27H27ClN6O. The van der Waals surface area contributed by atoms with Gasteiger partial charge >= 0.3 is 0 Å². The van der Waals surface area contributed by atoms with E-state index in [-0.39, 0.29) is 11.9 Å². The maximum Gasteiger partial charge on any atom is 0.257 e. The van der Waals surface area contributed by atoms with Gasteiger partial charge in [-0.25, -0.2) is 9.97 Å². The number of nitrogens with zero attached hydrogens (tertiary/aromatic N) is 4. The Morgan fingerprint density at radius 2 is 1.83 bits per heavy atom. The summed E-state index contributed by atoms with van der Waals surface area (Å²) < 4.78 is 0. The third kappa shape index (κ3) is 5.75. The van der Waals surface area contributed by atoms with Crippen molar-refractivity contribution < 1.29 is 4.79 Å². The molecule has 0 spiro atoms. The van der Waals surface area contributed by atoms with E-state index >= 15 is 0 Å². The highest BCUT2D eigenvalue weighted by Crippen LogP contribution is 2.28. The zero-order valence-corrected chi connectivity index (χ0v) is 20.8. The SMILES string of the molecule is CC=Cc1ccc2c(N[C@@H](C)c3ccc(NC(=O)c4ccc(Cl)nc4)cc3)nc(N(C)C)nc2c1. The molecule has 4 aromatic rings. The number of aromatic nitrogens is 3. The predicted octanol–water partition coefficient (Wildman–Crippen LogP) is 6.20. The first-order valence-electron chi connectivity index (χ1n) is 11.3. The molecule has 8 heteroatoms. The lowest BCUT2D eigenvalue weighted by Crippen LogP contribution is -2.16. The maximum absolute atomic E-state index is 12.4. The smallest absolute Gasteiger partial charge is 0.257 e. The number of halogens is 1. The van der Waals surface area contributed by atoms with Gasteiger partial charge < -0.3 is 15.5 Å². The van der Waals surface area contributed by atoms with Gasteiger partial charge in [-0.3, -0.25) is 4.79 Å². The minimum Gasteiger partial charge on any atom is -0.363 e. The van der Waals surface area contributed by atoms with Crippen molar-refractivity contribution in [3.63, 3.8) is 0 Å². The van der Waals surface area contributed by atoms with Gasteiger partial charge in [0, 0.05) is 37.4 Å². The van der Waals surface area contributed by atoms with Crippen molar-refractivity contribution in [2.24, 2.45) is 0 Å². The van der Waals surface area contributed by atoms with E-state index in [0.717, 1.165) is 27.8 Å². The number of anilines is 3. The predicted molar refractivity (Wildman–Crippen MR) is 144 cm³/mol. The topological polar surface area (TPSA) is 83.0 Å². The van der Waals surface area contributed by atoms with E-state index in [4.69, 9.17) is 21.6 Å². The van der Waals surface area contributed by atoms with Crippen molar-refractivity contribution in [1.82, 2.24) is 15.0 Å². The normalized spacial score (nSPS) is 12.0. The molecule has 0 aliphatic heterocycles. The maximum atomic E-state index is 12.4. The van der Waals surface area contributed by atoms with E-state index in [1.165, 1.54) is 6.20 Å². The van der Waals surface area contributed by atoms with Crippen molar-refractivity contribution in [2.45, 2.75) is 19.9 Å². The molecular weight excluding hydrogens is 460 g/mol. The van der Waals surface area contributed by atoms with Gasteiger partial charge in [0.05, 0.1) is 11.1 Å². The average molecular weight is 487 g/mol. The summed E-state index contributed by atoms with van der Waals surface area (Å²) in [5, 5.41) is 7.72. The fraction of sp³-hybridized carbons (Fsp3) is 0.185. The van der Waals surface area contributed by atoms with Crippen LogP contribution in [-0.2, 0) is 0 Å². The van der Waals surface area contributed by atoms with E-state index in [9.17, 15) is 4.79 Å². The molecule has 4 rings (SSSR count). The number of allylic oxidation sites excluding steroid dienone is 1. The van der Waals surface area contributed by atoms with Gasteiger partial charge in [0.25, 0.3) is 5.91 Å². The second kappa shape index (κ2) is 10.5. The highest BCUT2D eigenvalue weighted by Gasteiger charge is 2.14. The molecule has 2 aromatic carbocycles. The lowest BCUT2D eigenvalue weighted by atomic mass is 10.1. The number of carbonyl (C=O) groups is 1. The van der Waals surface area contributed by atoms with Crippen LogP contribution in [0.4, 0.5) is 17.5 Å². The molecule has 35 heavy (non-hydrogen) atoms. The summed E-state index contributed by atoms with van der Waals surface area (Å²) in [5.41, 5.74) is 4.16. The minimum absolute atomic E-state index is 0.0245.